The van der Waals surface area contributed by atoms with Gasteiger partial charge in [-0.2, -0.15) is 10.2 Å². The Balaban J connectivity index is 1.62. The van der Waals surface area contributed by atoms with Crippen LogP contribution in [0.25, 0.3) is 0 Å². The quantitative estimate of drug-likeness (QED) is 0.731. The van der Waals surface area contributed by atoms with E-state index in [-0.39, 0.29) is 5.91 Å². The molecule has 0 spiro atoms. The van der Waals surface area contributed by atoms with Crippen molar-refractivity contribution < 1.29 is 4.79 Å². The number of aryl methyl sites for hydroxylation is 4. The summed E-state index contributed by atoms with van der Waals surface area (Å²) in [5.41, 5.74) is 2.07. The zero-order valence-electron chi connectivity index (χ0n) is 11.9. The number of carbonyl (C=O) groups excluding carboxylic acids is 1. The molecule has 0 unspecified atom stereocenters. The van der Waals surface area contributed by atoms with Crippen molar-refractivity contribution in [3.63, 3.8) is 0 Å². The number of H-pyrrole nitrogens is 1. The second-order valence-corrected chi connectivity index (χ2v) is 4.79. The number of hydrogen-bond donors (Lipinski definition) is 2. The number of amides is 1. The Morgan fingerprint density at radius 3 is 2.95 bits per heavy atom. The monoisotopic (exact) mass is 276 g/mol. The van der Waals surface area contributed by atoms with Gasteiger partial charge in [-0.15, -0.1) is 0 Å². The van der Waals surface area contributed by atoms with Crippen molar-refractivity contribution in [1.82, 2.24) is 30.3 Å². The van der Waals surface area contributed by atoms with Crippen LogP contribution in [0.1, 0.15) is 30.1 Å². The summed E-state index contributed by atoms with van der Waals surface area (Å²) in [6.45, 7) is 5.21. The molecule has 7 nitrogen and oxygen atoms in total. The first-order valence-electron chi connectivity index (χ1n) is 6.77. The Morgan fingerprint density at radius 1 is 1.45 bits per heavy atom. The fourth-order valence-electron chi connectivity index (χ4n) is 2.03. The minimum absolute atomic E-state index is 0.0510. The molecule has 7 heteroatoms. The molecule has 108 valence electrons. The first-order valence-corrected chi connectivity index (χ1v) is 6.77. The Labute approximate surface area is 117 Å². The molecule has 2 aromatic rings. The van der Waals surface area contributed by atoms with Crippen LogP contribution in [0.15, 0.2) is 12.4 Å². The van der Waals surface area contributed by atoms with Crippen LogP contribution in [0.5, 0.6) is 0 Å². The third kappa shape index (κ3) is 4.18. The summed E-state index contributed by atoms with van der Waals surface area (Å²) in [6.07, 6.45) is 3.57. The van der Waals surface area contributed by atoms with Crippen molar-refractivity contribution in [2.75, 3.05) is 6.54 Å². The van der Waals surface area contributed by atoms with E-state index in [4.69, 9.17) is 0 Å². The Kier molecular flexibility index (Phi) is 4.86. The standard InChI is InChI=1S/C13H20N6O/c1-10-8-11(2)19(18-10)7-5-13(20)14-6-3-4-12-15-9-16-17-12/h8-9H,3-7H2,1-2H3,(H,14,20)(H,15,16,17). The van der Waals surface area contributed by atoms with Gasteiger partial charge in [0.15, 0.2) is 0 Å². The van der Waals surface area contributed by atoms with Gasteiger partial charge in [-0.25, -0.2) is 4.98 Å². The number of aromatic nitrogens is 5. The molecule has 2 heterocycles. The van der Waals surface area contributed by atoms with Crippen molar-refractivity contribution in [2.24, 2.45) is 0 Å². The molecule has 2 rings (SSSR count). The molecule has 20 heavy (non-hydrogen) atoms. The minimum atomic E-state index is 0.0510. The fourth-order valence-corrected chi connectivity index (χ4v) is 2.03. The summed E-state index contributed by atoms with van der Waals surface area (Å²) in [7, 11) is 0. The first kappa shape index (κ1) is 14.2. The summed E-state index contributed by atoms with van der Waals surface area (Å²) < 4.78 is 1.86. The first-order chi connectivity index (χ1) is 9.65. The van der Waals surface area contributed by atoms with Gasteiger partial charge < -0.3 is 5.32 Å². The van der Waals surface area contributed by atoms with Crippen molar-refractivity contribution in [3.05, 3.63) is 29.6 Å². The average Bonchev–Trinajstić information content (AvgIpc) is 3.02. The fraction of sp³-hybridized carbons (Fsp3) is 0.538. The summed E-state index contributed by atoms with van der Waals surface area (Å²) in [6, 6.07) is 2.01. The zero-order chi connectivity index (χ0) is 14.4. The van der Waals surface area contributed by atoms with Crippen LogP contribution in [-0.4, -0.2) is 37.4 Å². The molecule has 0 saturated heterocycles. The maximum absolute atomic E-state index is 11.7. The van der Waals surface area contributed by atoms with E-state index in [9.17, 15) is 4.79 Å². The van der Waals surface area contributed by atoms with Gasteiger partial charge in [0, 0.05) is 31.6 Å². The van der Waals surface area contributed by atoms with Crippen LogP contribution in [0, 0.1) is 13.8 Å². The molecule has 0 aromatic carbocycles. The number of rotatable bonds is 7. The second kappa shape index (κ2) is 6.83. The van der Waals surface area contributed by atoms with E-state index in [1.807, 2.05) is 24.6 Å². The van der Waals surface area contributed by atoms with Gasteiger partial charge in [0.1, 0.15) is 12.2 Å². The smallest absolute Gasteiger partial charge is 0.221 e. The third-order valence-corrected chi connectivity index (χ3v) is 3.03. The highest BCUT2D eigenvalue weighted by molar-refractivity contribution is 5.75. The second-order valence-electron chi connectivity index (χ2n) is 4.79. The highest BCUT2D eigenvalue weighted by atomic mass is 16.1. The maximum Gasteiger partial charge on any atom is 0.221 e. The molecule has 0 aliphatic heterocycles. The molecule has 0 saturated carbocycles. The lowest BCUT2D eigenvalue weighted by Crippen LogP contribution is -2.26. The summed E-state index contributed by atoms with van der Waals surface area (Å²) >= 11 is 0. The number of nitrogens with one attached hydrogen (secondary N) is 2. The number of nitrogens with zero attached hydrogens (tertiary/aromatic N) is 4. The predicted octanol–water partition coefficient (Wildman–Crippen LogP) is 0.757. The summed E-state index contributed by atoms with van der Waals surface area (Å²) in [5, 5.41) is 13.8. The van der Waals surface area contributed by atoms with E-state index in [1.54, 1.807) is 0 Å². The van der Waals surface area contributed by atoms with Crippen LogP contribution in [0.2, 0.25) is 0 Å². The lowest BCUT2D eigenvalue weighted by molar-refractivity contribution is -0.121. The summed E-state index contributed by atoms with van der Waals surface area (Å²) in [5.74, 6) is 0.900. The molecular formula is C13H20N6O. The third-order valence-electron chi connectivity index (χ3n) is 3.03. The van der Waals surface area contributed by atoms with E-state index in [0.717, 1.165) is 30.1 Å². The van der Waals surface area contributed by atoms with Crippen LogP contribution in [0.4, 0.5) is 0 Å². The van der Waals surface area contributed by atoms with Gasteiger partial charge in [0.05, 0.1) is 5.69 Å². The van der Waals surface area contributed by atoms with Crippen molar-refractivity contribution in [3.8, 4) is 0 Å². The van der Waals surface area contributed by atoms with Gasteiger partial charge in [-0.05, 0) is 26.3 Å². The zero-order valence-corrected chi connectivity index (χ0v) is 11.9. The SMILES string of the molecule is Cc1cc(C)n(CCC(=O)NCCCc2ncn[nH]2)n1. The van der Waals surface area contributed by atoms with E-state index in [1.165, 1.54) is 6.33 Å². The Bertz CT molecular complexity index is 545. The van der Waals surface area contributed by atoms with Gasteiger partial charge >= 0.3 is 0 Å². The molecule has 2 aromatic heterocycles. The molecule has 2 N–H and O–H groups in total. The number of carbonyl (C=O) groups is 1. The maximum atomic E-state index is 11.7. The molecule has 0 bridgehead atoms. The van der Waals surface area contributed by atoms with Crippen LogP contribution in [0.3, 0.4) is 0 Å². The Morgan fingerprint density at radius 2 is 2.30 bits per heavy atom. The van der Waals surface area contributed by atoms with Gasteiger partial charge in [0.25, 0.3) is 0 Å². The lowest BCUT2D eigenvalue weighted by atomic mass is 10.3. The van der Waals surface area contributed by atoms with E-state index >= 15 is 0 Å². The molecule has 1 amide bonds. The number of aromatic amines is 1. The van der Waals surface area contributed by atoms with Gasteiger partial charge in [-0.1, -0.05) is 0 Å². The van der Waals surface area contributed by atoms with E-state index in [2.05, 4.69) is 25.6 Å². The van der Waals surface area contributed by atoms with Crippen LogP contribution >= 0.6 is 0 Å². The van der Waals surface area contributed by atoms with Crippen molar-refractivity contribution >= 4 is 5.91 Å². The van der Waals surface area contributed by atoms with Crippen molar-refractivity contribution in [2.45, 2.75) is 39.7 Å². The molecule has 0 aliphatic carbocycles. The molecule has 0 fully saturated rings. The van der Waals surface area contributed by atoms with E-state index < -0.39 is 0 Å². The average molecular weight is 276 g/mol. The minimum Gasteiger partial charge on any atom is -0.356 e. The Hall–Kier alpha value is -2.18. The highest BCUT2D eigenvalue weighted by Gasteiger charge is 2.05. The largest absolute Gasteiger partial charge is 0.356 e. The predicted molar refractivity (Wildman–Crippen MR) is 74.0 cm³/mol. The van der Waals surface area contributed by atoms with Crippen LogP contribution in [-0.2, 0) is 17.8 Å². The van der Waals surface area contributed by atoms with Gasteiger partial charge in [-0.3, -0.25) is 14.6 Å². The molecule has 0 radical (unpaired) electrons. The lowest BCUT2D eigenvalue weighted by Gasteiger charge is -2.06. The topological polar surface area (TPSA) is 88.5 Å². The highest BCUT2D eigenvalue weighted by Crippen LogP contribution is 2.02. The summed E-state index contributed by atoms with van der Waals surface area (Å²) in [4.78, 5) is 15.7. The molecule has 0 atom stereocenters. The normalized spacial score (nSPS) is 10.7. The number of hydrogen-bond acceptors (Lipinski definition) is 4. The molecule has 0 aliphatic rings. The van der Waals surface area contributed by atoms with Crippen molar-refractivity contribution in [1.29, 1.82) is 0 Å². The van der Waals surface area contributed by atoms with E-state index in [0.29, 0.717) is 19.5 Å². The van der Waals surface area contributed by atoms with Gasteiger partial charge in [0.2, 0.25) is 5.91 Å². The molecular weight excluding hydrogens is 256 g/mol. The van der Waals surface area contributed by atoms with Crippen LogP contribution < -0.4 is 5.32 Å².